The van der Waals surface area contributed by atoms with E-state index in [1.807, 2.05) is 19.3 Å². The van der Waals surface area contributed by atoms with Crippen LogP contribution < -0.4 is 11.1 Å². The number of nitrogens with two attached hydrogens (primary N) is 1. The van der Waals surface area contributed by atoms with E-state index in [0.29, 0.717) is 12.6 Å². The Morgan fingerprint density at radius 2 is 2.50 bits per heavy atom. The van der Waals surface area contributed by atoms with E-state index in [4.69, 9.17) is 5.73 Å². The molecule has 66 valence electrons. The Kier molecular flexibility index (Phi) is 3.70. The van der Waals surface area contributed by atoms with Crippen molar-refractivity contribution in [3.05, 3.63) is 30.1 Å². The van der Waals surface area contributed by atoms with Gasteiger partial charge in [0.25, 0.3) is 0 Å². The minimum Gasteiger partial charge on any atom is -0.330 e. The summed E-state index contributed by atoms with van der Waals surface area (Å²) in [6.07, 6.45) is 4.59. The first-order valence-corrected chi connectivity index (χ1v) is 4.15. The second-order valence-corrected chi connectivity index (χ2v) is 2.70. The number of hydrogen-bond donors (Lipinski definition) is 2. The summed E-state index contributed by atoms with van der Waals surface area (Å²) in [4.78, 5) is 4.05. The fourth-order valence-corrected chi connectivity index (χ4v) is 1.23. The summed E-state index contributed by atoms with van der Waals surface area (Å²) in [5.41, 5.74) is 6.68. The Hall–Kier alpha value is -0.930. The van der Waals surface area contributed by atoms with Crippen molar-refractivity contribution >= 4 is 0 Å². The molecule has 0 aliphatic rings. The maximum atomic E-state index is 5.48. The summed E-state index contributed by atoms with van der Waals surface area (Å²) in [6, 6.07) is 4.34. The summed E-state index contributed by atoms with van der Waals surface area (Å²) in [6.45, 7) is 0.695. The molecule has 0 fully saturated rings. The van der Waals surface area contributed by atoms with Gasteiger partial charge in [0.15, 0.2) is 0 Å². The lowest BCUT2D eigenvalue weighted by Crippen LogP contribution is -2.19. The zero-order valence-corrected chi connectivity index (χ0v) is 7.33. The van der Waals surface area contributed by atoms with Crippen molar-refractivity contribution in [2.24, 2.45) is 5.73 Å². The van der Waals surface area contributed by atoms with Gasteiger partial charge in [0.05, 0.1) is 0 Å². The maximum Gasteiger partial charge on any atom is 0.0344 e. The quantitative estimate of drug-likeness (QED) is 0.690. The van der Waals surface area contributed by atoms with Gasteiger partial charge < -0.3 is 11.1 Å². The van der Waals surface area contributed by atoms with Gasteiger partial charge in [-0.15, -0.1) is 0 Å². The van der Waals surface area contributed by atoms with E-state index < -0.39 is 0 Å². The summed E-state index contributed by atoms with van der Waals surface area (Å²) < 4.78 is 0. The molecular formula is C9H15N3. The van der Waals surface area contributed by atoms with Gasteiger partial charge in [0.2, 0.25) is 0 Å². The molecule has 12 heavy (non-hydrogen) atoms. The molecule has 1 rings (SSSR count). The third-order valence-electron chi connectivity index (χ3n) is 1.89. The van der Waals surface area contributed by atoms with Gasteiger partial charge in [-0.1, -0.05) is 6.07 Å². The molecule has 1 aromatic rings. The molecule has 0 radical (unpaired) electrons. The first-order valence-electron chi connectivity index (χ1n) is 4.15. The van der Waals surface area contributed by atoms with Crippen molar-refractivity contribution in [3.63, 3.8) is 0 Å². The standard InChI is InChI=1S/C9H15N3/c1-11-9(4-5-10)8-3-2-6-12-7-8/h2-3,6-7,9,11H,4-5,10H2,1H3. The molecule has 3 nitrogen and oxygen atoms in total. The highest BCUT2D eigenvalue weighted by Gasteiger charge is 2.06. The molecule has 0 bridgehead atoms. The number of pyridine rings is 1. The van der Waals surface area contributed by atoms with Crippen molar-refractivity contribution in [1.29, 1.82) is 0 Å². The van der Waals surface area contributed by atoms with Crippen LogP contribution in [0.1, 0.15) is 18.0 Å². The molecule has 1 atom stereocenters. The van der Waals surface area contributed by atoms with Crippen molar-refractivity contribution in [2.45, 2.75) is 12.5 Å². The van der Waals surface area contributed by atoms with E-state index in [2.05, 4.69) is 16.4 Å². The average molecular weight is 165 g/mol. The Labute approximate surface area is 73.0 Å². The highest BCUT2D eigenvalue weighted by Crippen LogP contribution is 2.13. The zero-order chi connectivity index (χ0) is 8.81. The third kappa shape index (κ3) is 2.29. The van der Waals surface area contributed by atoms with E-state index in [-0.39, 0.29) is 0 Å². The Morgan fingerprint density at radius 1 is 1.67 bits per heavy atom. The van der Waals surface area contributed by atoms with Crippen LogP contribution in [0.15, 0.2) is 24.5 Å². The molecule has 0 saturated carbocycles. The molecule has 1 unspecified atom stereocenters. The van der Waals surface area contributed by atoms with E-state index in [1.165, 1.54) is 5.56 Å². The number of hydrogen-bond acceptors (Lipinski definition) is 3. The molecule has 3 N–H and O–H groups in total. The van der Waals surface area contributed by atoms with E-state index >= 15 is 0 Å². The Bertz CT molecular complexity index is 210. The smallest absolute Gasteiger partial charge is 0.0344 e. The van der Waals surface area contributed by atoms with E-state index in [9.17, 15) is 0 Å². The summed E-state index contributed by atoms with van der Waals surface area (Å²) in [5, 5.41) is 3.20. The summed E-state index contributed by atoms with van der Waals surface area (Å²) in [7, 11) is 1.94. The second-order valence-electron chi connectivity index (χ2n) is 2.70. The monoisotopic (exact) mass is 165 g/mol. The summed E-state index contributed by atoms with van der Waals surface area (Å²) >= 11 is 0. The predicted molar refractivity (Wildman–Crippen MR) is 49.7 cm³/mol. The van der Waals surface area contributed by atoms with Gasteiger partial charge in [0.1, 0.15) is 0 Å². The minimum atomic E-state index is 0.337. The molecular weight excluding hydrogens is 150 g/mol. The van der Waals surface area contributed by atoms with Crippen molar-refractivity contribution in [2.75, 3.05) is 13.6 Å². The lowest BCUT2D eigenvalue weighted by molar-refractivity contribution is 0.555. The highest BCUT2D eigenvalue weighted by molar-refractivity contribution is 5.13. The maximum absolute atomic E-state index is 5.48. The van der Waals surface area contributed by atoms with Gasteiger partial charge in [-0.3, -0.25) is 4.98 Å². The van der Waals surface area contributed by atoms with Crippen molar-refractivity contribution in [1.82, 2.24) is 10.3 Å². The second kappa shape index (κ2) is 4.85. The molecule has 1 heterocycles. The molecule has 0 aromatic carbocycles. The van der Waals surface area contributed by atoms with Crippen LogP contribution in [0.3, 0.4) is 0 Å². The third-order valence-corrected chi connectivity index (χ3v) is 1.89. The molecule has 3 heteroatoms. The predicted octanol–water partition coefficient (Wildman–Crippen LogP) is 0.691. The Balaban J connectivity index is 2.66. The van der Waals surface area contributed by atoms with Crippen molar-refractivity contribution < 1.29 is 0 Å². The van der Waals surface area contributed by atoms with Crippen LogP contribution in [-0.2, 0) is 0 Å². The number of nitrogens with zero attached hydrogens (tertiary/aromatic N) is 1. The topological polar surface area (TPSA) is 50.9 Å². The van der Waals surface area contributed by atoms with Gasteiger partial charge in [0, 0.05) is 18.4 Å². The number of rotatable bonds is 4. The molecule has 0 amide bonds. The lowest BCUT2D eigenvalue weighted by atomic mass is 10.1. The van der Waals surface area contributed by atoms with Gasteiger partial charge in [-0.05, 0) is 31.6 Å². The number of aromatic nitrogens is 1. The Morgan fingerprint density at radius 3 is 3.00 bits per heavy atom. The molecule has 0 aliphatic heterocycles. The van der Waals surface area contributed by atoms with Crippen LogP contribution in [0.5, 0.6) is 0 Å². The first-order chi connectivity index (χ1) is 5.88. The average Bonchev–Trinajstić information content (AvgIpc) is 2.15. The molecule has 0 saturated heterocycles. The fourth-order valence-electron chi connectivity index (χ4n) is 1.23. The van der Waals surface area contributed by atoms with Gasteiger partial charge in [-0.2, -0.15) is 0 Å². The van der Waals surface area contributed by atoms with Crippen LogP contribution >= 0.6 is 0 Å². The summed E-state index contributed by atoms with van der Waals surface area (Å²) in [5.74, 6) is 0. The van der Waals surface area contributed by atoms with Crippen LogP contribution in [0.2, 0.25) is 0 Å². The normalized spacial score (nSPS) is 12.8. The van der Waals surface area contributed by atoms with E-state index in [0.717, 1.165) is 6.42 Å². The van der Waals surface area contributed by atoms with Crippen LogP contribution in [0.4, 0.5) is 0 Å². The lowest BCUT2D eigenvalue weighted by Gasteiger charge is -2.14. The largest absolute Gasteiger partial charge is 0.330 e. The van der Waals surface area contributed by atoms with Gasteiger partial charge >= 0.3 is 0 Å². The van der Waals surface area contributed by atoms with E-state index in [1.54, 1.807) is 6.20 Å². The first kappa shape index (κ1) is 9.16. The van der Waals surface area contributed by atoms with Crippen LogP contribution in [0.25, 0.3) is 0 Å². The molecule has 0 aliphatic carbocycles. The molecule has 1 aromatic heterocycles. The van der Waals surface area contributed by atoms with Crippen molar-refractivity contribution in [3.8, 4) is 0 Å². The minimum absolute atomic E-state index is 0.337. The van der Waals surface area contributed by atoms with Gasteiger partial charge in [-0.25, -0.2) is 0 Å². The van der Waals surface area contributed by atoms with Crippen LogP contribution in [0, 0.1) is 0 Å². The highest BCUT2D eigenvalue weighted by atomic mass is 14.9. The van der Waals surface area contributed by atoms with Crippen LogP contribution in [-0.4, -0.2) is 18.6 Å². The number of nitrogens with one attached hydrogen (secondary N) is 1. The fraction of sp³-hybridized carbons (Fsp3) is 0.444. The molecule has 0 spiro atoms. The zero-order valence-electron chi connectivity index (χ0n) is 7.33. The SMILES string of the molecule is CNC(CCN)c1cccnc1.